The Labute approximate surface area is 732 Å². The van der Waals surface area contributed by atoms with E-state index in [0.717, 1.165) is 44.5 Å². The molecule has 20 aromatic rings. The summed E-state index contributed by atoms with van der Waals surface area (Å²) in [6.45, 7) is 9.40. The van der Waals surface area contributed by atoms with Crippen molar-refractivity contribution in [3.8, 4) is 94.7 Å². The Hall–Kier alpha value is -14.8. The van der Waals surface area contributed by atoms with Crippen LogP contribution in [-0.4, -0.2) is 28.9 Å². The van der Waals surface area contributed by atoms with Crippen LogP contribution in [0.4, 0.5) is 22.7 Å². The molecule has 1 spiro atoms. The highest BCUT2D eigenvalue weighted by molar-refractivity contribution is 7.00. The average Bonchev–Trinajstić information content (AvgIpc) is 1.46. The van der Waals surface area contributed by atoms with E-state index in [1.165, 1.54) is 216 Å². The summed E-state index contributed by atoms with van der Waals surface area (Å²) in [5.74, 6) is 0. The lowest BCUT2D eigenvalue weighted by atomic mass is 9.33. The van der Waals surface area contributed by atoms with E-state index < -0.39 is 5.41 Å². The number of fused-ring (bicyclic) bond motifs is 20. The van der Waals surface area contributed by atoms with Crippen LogP contribution in [0.5, 0.6) is 0 Å². The molecular weight excluding hydrogens is 1510 g/mol. The van der Waals surface area contributed by atoms with Crippen molar-refractivity contribution >= 4 is 89.5 Å². The highest BCUT2D eigenvalue weighted by Crippen LogP contribution is 2.64. The standard InChI is InChI=1S/C120H91BN4/c1-119(2,3)88-73-116-118-117(74-88)123(67-35-55-91-100(84-44-18-8-19-45-84)71-87(81-38-12-5-13-39-81)72-101(91)85-46-20-9-21-47-85)115-75-89(125-112-61-33-27-53-97(112)103-76-102-94-50-24-30-58-106(94)120(107(102)77-113(103)125)104-56-28-22-48-92(104)93-49-23-29-57-105(93)120)63-65-109(115)121(118)108-64-62-79(78-124-110-59-31-25-51-95(110)96-52-26-32-60-111(96)124)68-114(108)122(116)66-34-54-90-98(82-40-14-6-15-41-82)69-86(80-36-10-4-11-37-80)70-99(90)83-42-16-7-17-43-83/h4-33,36-53,56-65,68-77H,34-35,54-55,66-67,78H2,1-3H3. The number of para-hydroxylation sites is 3. The Morgan fingerprint density at radius 1 is 0.272 bits per heavy atom. The van der Waals surface area contributed by atoms with Crippen LogP contribution in [0, 0.1) is 0 Å². The number of hydrogen-bond acceptors (Lipinski definition) is 2. The molecule has 0 N–H and O–H groups in total. The summed E-state index contributed by atoms with van der Waals surface area (Å²) in [6, 6.07) is 157. The number of rotatable bonds is 17. The molecule has 4 heterocycles. The summed E-state index contributed by atoms with van der Waals surface area (Å²) in [4.78, 5) is 5.60. The Balaban J connectivity index is 0.724. The molecule has 0 atom stereocenters. The Morgan fingerprint density at radius 3 is 1.10 bits per heavy atom. The molecule has 4 nitrogen and oxygen atoms in total. The average molecular weight is 1600 g/mol. The van der Waals surface area contributed by atoms with Crippen molar-refractivity contribution in [3.63, 3.8) is 0 Å². The third kappa shape index (κ3) is 12.0. The summed E-state index contributed by atoms with van der Waals surface area (Å²) in [6.07, 6.45) is 3.43. The van der Waals surface area contributed by atoms with Crippen LogP contribution in [0.25, 0.3) is 138 Å². The number of hydrogen-bond donors (Lipinski definition) is 0. The SMILES string of the molecule is CC(C)(C)c1cc2c3c(c1)N(CCCc1c(-c4ccccc4)cc(-c4ccccc4)cc1-c1ccccc1)c1cc(-n4c5ccccc5c5cc6c(cc54)C4(c5ccccc5-c5ccccc54)c4ccccc4-6)ccc1B3c1ccc(Cn3c4ccccc4c4ccccc43)cc1N2CCCc1c(-c2ccccc2)cc(-c2ccccc2)cc1-c1ccccc1. The van der Waals surface area contributed by atoms with Crippen molar-refractivity contribution in [1.82, 2.24) is 9.13 Å². The van der Waals surface area contributed by atoms with Gasteiger partial charge >= 0.3 is 0 Å². The number of benzene rings is 18. The van der Waals surface area contributed by atoms with Crippen molar-refractivity contribution in [1.29, 1.82) is 0 Å². The maximum Gasteiger partial charge on any atom is 0.252 e. The zero-order valence-corrected chi connectivity index (χ0v) is 70.6. The maximum absolute atomic E-state index is 2.81. The predicted molar refractivity (Wildman–Crippen MR) is 528 cm³/mol. The Kier molecular flexibility index (Phi) is 17.7. The van der Waals surface area contributed by atoms with Crippen LogP contribution >= 0.6 is 0 Å². The summed E-state index contributed by atoms with van der Waals surface area (Å²) in [5, 5.41) is 5.05. The summed E-state index contributed by atoms with van der Waals surface area (Å²) in [5.41, 5.74) is 45.1. The van der Waals surface area contributed by atoms with Crippen LogP contribution in [0.15, 0.2) is 413 Å². The van der Waals surface area contributed by atoms with Gasteiger partial charge in [-0.05, 0) is 266 Å². The van der Waals surface area contributed by atoms with Crippen molar-refractivity contribution in [2.24, 2.45) is 0 Å². The van der Waals surface area contributed by atoms with Crippen molar-refractivity contribution < 1.29 is 0 Å². The summed E-state index contributed by atoms with van der Waals surface area (Å²) in [7, 11) is 0. The zero-order chi connectivity index (χ0) is 83.0. The lowest BCUT2D eigenvalue weighted by molar-refractivity contribution is 0.590. The Bertz CT molecular complexity index is 7450. The largest absolute Gasteiger partial charge is 0.342 e. The summed E-state index contributed by atoms with van der Waals surface area (Å²) < 4.78 is 5.19. The quantitative estimate of drug-likeness (QED) is 0.0845. The van der Waals surface area contributed by atoms with E-state index in [-0.39, 0.29) is 12.1 Å². The fourth-order valence-corrected chi connectivity index (χ4v) is 22.3. The first-order chi connectivity index (χ1) is 61.7. The van der Waals surface area contributed by atoms with Gasteiger partial charge in [0.05, 0.1) is 16.4 Å². The first kappa shape index (κ1) is 74.1. The van der Waals surface area contributed by atoms with Crippen molar-refractivity contribution in [3.05, 3.63) is 457 Å². The second-order valence-electron chi connectivity index (χ2n) is 35.8. The lowest BCUT2D eigenvalue weighted by Gasteiger charge is -2.45. The van der Waals surface area contributed by atoms with Crippen molar-refractivity contribution in [2.75, 3.05) is 22.9 Å². The molecule has 2 aliphatic heterocycles. The third-order valence-corrected chi connectivity index (χ3v) is 27.9. The van der Waals surface area contributed by atoms with E-state index in [1.54, 1.807) is 0 Å². The van der Waals surface area contributed by atoms with Gasteiger partial charge in [-0.2, -0.15) is 0 Å². The fraction of sp³-hybridized carbons (Fsp3) is 0.100. The van der Waals surface area contributed by atoms with Crippen molar-refractivity contribution in [2.45, 2.75) is 63.8 Å². The molecule has 0 saturated carbocycles. The van der Waals surface area contributed by atoms with Gasteiger partial charge in [-0.25, -0.2) is 0 Å². The van der Waals surface area contributed by atoms with Gasteiger partial charge in [0.25, 0.3) is 6.71 Å². The molecule has 0 unspecified atom stereocenters. The highest BCUT2D eigenvalue weighted by Gasteiger charge is 2.52. The molecule has 0 amide bonds. The van der Waals surface area contributed by atoms with Crippen LogP contribution in [0.1, 0.15) is 78.1 Å². The molecule has 0 bridgehead atoms. The Morgan fingerprint density at radius 2 is 0.648 bits per heavy atom. The van der Waals surface area contributed by atoms with Gasteiger partial charge in [0.15, 0.2) is 0 Å². The smallest absolute Gasteiger partial charge is 0.252 e. The topological polar surface area (TPSA) is 16.3 Å². The van der Waals surface area contributed by atoms with Crippen LogP contribution < -0.4 is 26.2 Å². The van der Waals surface area contributed by atoms with Crippen LogP contribution in [-0.2, 0) is 30.2 Å². The van der Waals surface area contributed by atoms with Gasteiger partial charge in [0.2, 0.25) is 0 Å². The lowest BCUT2D eigenvalue weighted by Crippen LogP contribution is -2.62. The van der Waals surface area contributed by atoms with Crippen LogP contribution in [0.3, 0.4) is 0 Å². The third-order valence-electron chi connectivity index (χ3n) is 27.9. The number of aromatic nitrogens is 2. The summed E-state index contributed by atoms with van der Waals surface area (Å²) >= 11 is 0. The molecule has 125 heavy (non-hydrogen) atoms. The minimum atomic E-state index is -0.522. The second kappa shape index (κ2) is 29.8. The monoisotopic (exact) mass is 1600 g/mol. The molecule has 0 radical (unpaired) electrons. The maximum atomic E-state index is 2.81. The first-order valence-electron chi connectivity index (χ1n) is 44.7. The molecule has 594 valence electrons. The van der Waals surface area contributed by atoms with Gasteiger partial charge < -0.3 is 18.9 Å². The zero-order valence-electron chi connectivity index (χ0n) is 70.6. The van der Waals surface area contributed by atoms with E-state index >= 15 is 0 Å². The number of nitrogens with zero attached hydrogens (tertiary/aromatic N) is 4. The minimum Gasteiger partial charge on any atom is -0.342 e. The normalized spacial score (nSPS) is 13.2. The minimum absolute atomic E-state index is 0.120. The van der Waals surface area contributed by atoms with E-state index in [9.17, 15) is 0 Å². The molecule has 24 rings (SSSR count). The molecule has 4 aliphatic rings. The predicted octanol–water partition coefficient (Wildman–Crippen LogP) is 28.3. The second-order valence-corrected chi connectivity index (χ2v) is 35.8. The van der Waals surface area contributed by atoms with E-state index in [2.05, 4.69) is 452 Å². The fourth-order valence-electron chi connectivity index (χ4n) is 22.3. The van der Waals surface area contributed by atoms with Gasteiger partial charge in [-0.3, -0.25) is 0 Å². The molecule has 2 aliphatic carbocycles. The van der Waals surface area contributed by atoms with Gasteiger partial charge in [0.1, 0.15) is 0 Å². The molecule has 2 aromatic heterocycles. The highest BCUT2D eigenvalue weighted by atomic mass is 15.2. The molecule has 18 aromatic carbocycles. The van der Waals surface area contributed by atoms with E-state index in [1.807, 2.05) is 0 Å². The van der Waals surface area contributed by atoms with Gasteiger partial charge in [-0.1, -0.05) is 348 Å². The van der Waals surface area contributed by atoms with Gasteiger partial charge in [-0.15, -0.1) is 0 Å². The first-order valence-corrected chi connectivity index (χ1v) is 44.7. The van der Waals surface area contributed by atoms with Gasteiger partial charge in [0, 0.05) is 80.6 Å². The molecule has 5 heteroatoms. The van der Waals surface area contributed by atoms with E-state index in [0.29, 0.717) is 6.54 Å². The molecular formula is C120H91BN4. The van der Waals surface area contributed by atoms with Crippen LogP contribution in [0.2, 0.25) is 0 Å². The number of anilines is 4. The molecule has 0 saturated heterocycles. The molecule has 0 fully saturated rings. The van der Waals surface area contributed by atoms with E-state index in [4.69, 9.17) is 0 Å².